The summed E-state index contributed by atoms with van der Waals surface area (Å²) in [5.74, 6) is 0.409. The normalized spacial score (nSPS) is 38.6. The van der Waals surface area contributed by atoms with Crippen molar-refractivity contribution < 1.29 is 18.3 Å². The SMILES string of the molecule is O=S1(=O)CCN([C@@H]2COC[C@H]2O)CC1. The van der Waals surface area contributed by atoms with E-state index in [0.29, 0.717) is 26.3 Å². The minimum absolute atomic E-state index is 0.00880. The van der Waals surface area contributed by atoms with Crippen LogP contribution in [0.4, 0.5) is 0 Å². The molecule has 2 rings (SSSR count). The zero-order valence-corrected chi connectivity index (χ0v) is 8.74. The van der Waals surface area contributed by atoms with Crippen molar-refractivity contribution >= 4 is 9.84 Å². The first-order chi connectivity index (χ1) is 6.58. The molecule has 0 unspecified atom stereocenters. The van der Waals surface area contributed by atoms with E-state index in [9.17, 15) is 13.5 Å². The van der Waals surface area contributed by atoms with Crippen molar-refractivity contribution in [3.63, 3.8) is 0 Å². The molecule has 0 aromatic heterocycles. The van der Waals surface area contributed by atoms with Gasteiger partial charge in [-0.1, -0.05) is 0 Å². The number of nitrogens with zero attached hydrogens (tertiary/aromatic N) is 1. The predicted molar refractivity (Wildman–Crippen MR) is 50.8 cm³/mol. The molecule has 0 saturated carbocycles. The van der Waals surface area contributed by atoms with Gasteiger partial charge in [0.2, 0.25) is 0 Å². The summed E-state index contributed by atoms with van der Waals surface area (Å²) in [5, 5.41) is 9.56. The Hall–Kier alpha value is -0.170. The van der Waals surface area contributed by atoms with Gasteiger partial charge in [0.1, 0.15) is 0 Å². The van der Waals surface area contributed by atoms with Gasteiger partial charge in [-0.3, -0.25) is 4.90 Å². The van der Waals surface area contributed by atoms with Crippen LogP contribution in [0.2, 0.25) is 0 Å². The second kappa shape index (κ2) is 3.77. The Kier molecular flexibility index (Phi) is 2.79. The molecule has 0 aromatic rings. The van der Waals surface area contributed by atoms with E-state index < -0.39 is 15.9 Å². The van der Waals surface area contributed by atoms with Gasteiger partial charge in [0.15, 0.2) is 9.84 Å². The largest absolute Gasteiger partial charge is 0.389 e. The van der Waals surface area contributed by atoms with Crippen LogP contribution >= 0.6 is 0 Å². The highest BCUT2D eigenvalue weighted by molar-refractivity contribution is 7.91. The predicted octanol–water partition coefficient (Wildman–Crippen LogP) is -1.52. The lowest BCUT2D eigenvalue weighted by molar-refractivity contribution is 0.0868. The molecule has 2 aliphatic heterocycles. The summed E-state index contributed by atoms with van der Waals surface area (Å²) in [7, 11) is -2.83. The van der Waals surface area contributed by atoms with Crippen LogP contribution < -0.4 is 0 Å². The second-order valence-electron chi connectivity index (χ2n) is 3.86. The Balaban J connectivity index is 1.95. The number of aliphatic hydroxyl groups is 1. The first-order valence-electron chi connectivity index (χ1n) is 4.79. The van der Waals surface area contributed by atoms with Crippen molar-refractivity contribution in [3.8, 4) is 0 Å². The Morgan fingerprint density at radius 3 is 2.36 bits per heavy atom. The summed E-state index contributed by atoms with van der Waals surface area (Å²) >= 11 is 0. The lowest BCUT2D eigenvalue weighted by Gasteiger charge is -2.32. The van der Waals surface area contributed by atoms with Gasteiger partial charge < -0.3 is 9.84 Å². The molecule has 2 saturated heterocycles. The van der Waals surface area contributed by atoms with E-state index in [0.717, 1.165) is 0 Å². The van der Waals surface area contributed by atoms with Crippen LogP contribution in [-0.4, -0.2) is 68.4 Å². The van der Waals surface area contributed by atoms with Crippen molar-refractivity contribution in [2.75, 3.05) is 37.8 Å². The summed E-state index contributed by atoms with van der Waals surface area (Å²) in [4.78, 5) is 2.01. The van der Waals surface area contributed by atoms with Crippen LogP contribution in [0.25, 0.3) is 0 Å². The number of hydrogen-bond donors (Lipinski definition) is 1. The first-order valence-corrected chi connectivity index (χ1v) is 6.61. The van der Waals surface area contributed by atoms with Gasteiger partial charge in [-0.25, -0.2) is 8.42 Å². The maximum absolute atomic E-state index is 11.2. The number of hydrogen-bond acceptors (Lipinski definition) is 5. The smallest absolute Gasteiger partial charge is 0.152 e. The monoisotopic (exact) mass is 221 g/mol. The third-order valence-electron chi connectivity index (χ3n) is 2.87. The molecule has 0 spiro atoms. The van der Waals surface area contributed by atoms with Crippen LogP contribution in [0.5, 0.6) is 0 Å². The molecule has 0 aliphatic carbocycles. The Morgan fingerprint density at radius 1 is 1.21 bits per heavy atom. The lowest BCUT2D eigenvalue weighted by atomic mass is 10.2. The van der Waals surface area contributed by atoms with E-state index in [1.54, 1.807) is 0 Å². The summed E-state index contributed by atoms with van der Waals surface area (Å²) in [6.07, 6.45) is -0.462. The molecule has 0 amide bonds. The number of aliphatic hydroxyl groups excluding tert-OH is 1. The fourth-order valence-corrected chi connectivity index (χ4v) is 3.17. The van der Waals surface area contributed by atoms with E-state index in [-0.39, 0.29) is 17.5 Å². The first kappa shape index (κ1) is 10.4. The van der Waals surface area contributed by atoms with Gasteiger partial charge in [0.05, 0.1) is 36.9 Å². The van der Waals surface area contributed by atoms with Crippen LogP contribution in [0.3, 0.4) is 0 Å². The average molecular weight is 221 g/mol. The summed E-state index contributed by atoms with van der Waals surface area (Å²) < 4.78 is 27.5. The van der Waals surface area contributed by atoms with E-state index in [1.165, 1.54) is 0 Å². The molecule has 5 nitrogen and oxygen atoms in total. The highest BCUT2D eigenvalue weighted by atomic mass is 32.2. The molecule has 2 heterocycles. The Bertz CT molecular complexity index is 288. The zero-order chi connectivity index (χ0) is 10.2. The zero-order valence-electron chi connectivity index (χ0n) is 7.92. The number of ether oxygens (including phenoxy) is 1. The highest BCUT2D eigenvalue weighted by Crippen LogP contribution is 2.16. The molecule has 2 aliphatic rings. The third-order valence-corrected chi connectivity index (χ3v) is 4.48. The van der Waals surface area contributed by atoms with Gasteiger partial charge in [-0.2, -0.15) is 0 Å². The van der Waals surface area contributed by atoms with Crippen LogP contribution in [0, 0.1) is 0 Å². The molecular weight excluding hydrogens is 206 g/mol. The molecular formula is C8H15NO4S. The molecule has 1 N–H and O–H groups in total. The second-order valence-corrected chi connectivity index (χ2v) is 6.16. The van der Waals surface area contributed by atoms with Crippen molar-refractivity contribution in [2.24, 2.45) is 0 Å². The molecule has 0 aromatic carbocycles. The molecule has 0 bridgehead atoms. The van der Waals surface area contributed by atoms with Crippen molar-refractivity contribution in [1.82, 2.24) is 4.90 Å². The molecule has 14 heavy (non-hydrogen) atoms. The van der Waals surface area contributed by atoms with E-state index >= 15 is 0 Å². The maximum Gasteiger partial charge on any atom is 0.152 e. The minimum Gasteiger partial charge on any atom is -0.389 e. The molecule has 82 valence electrons. The fraction of sp³-hybridized carbons (Fsp3) is 1.00. The fourth-order valence-electron chi connectivity index (χ4n) is 1.94. The van der Waals surface area contributed by atoms with Crippen molar-refractivity contribution in [3.05, 3.63) is 0 Å². The van der Waals surface area contributed by atoms with E-state index in [2.05, 4.69) is 0 Å². The van der Waals surface area contributed by atoms with Gasteiger partial charge >= 0.3 is 0 Å². The van der Waals surface area contributed by atoms with Crippen LogP contribution in [0.1, 0.15) is 0 Å². The molecule has 2 atom stereocenters. The third kappa shape index (κ3) is 2.08. The van der Waals surface area contributed by atoms with Crippen LogP contribution in [0.15, 0.2) is 0 Å². The van der Waals surface area contributed by atoms with Crippen LogP contribution in [-0.2, 0) is 14.6 Å². The quantitative estimate of drug-likeness (QED) is 0.582. The summed E-state index contributed by atoms with van der Waals surface area (Å²) in [6.45, 7) is 1.93. The Morgan fingerprint density at radius 2 is 1.86 bits per heavy atom. The summed E-state index contributed by atoms with van der Waals surface area (Å²) in [6, 6.07) is -0.00880. The summed E-state index contributed by atoms with van der Waals surface area (Å²) in [5.41, 5.74) is 0. The van der Waals surface area contributed by atoms with E-state index in [4.69, 9.17) is 4.74 Å². The average Bonchev–Trinajstić information content (AvgIpc) is 2.52. The topological polar surface area (TPSA) is 66.8 Å². The molecule has 0 radical (unpaired) electrons. The van der Waals surface area contributed by atoms with Gasteiger partial charge in [-0.15, -0.1) is 0 Å². The van der Waals surface area contributed by atoms with Gasteiger partial charge in [0, 0.05) is 13.1 Å². The van der Waals surface area contributed by atoms with Crippen molar-refractivity contribution in [2.45, 2.75) is 12.1 Å². The molecule has 6 heteroatoms. The van der Waals surface area contributed by atoms with E-state index in [1.807, 2.05) is 4.90 Å². The Labute approximate surface area is 83.6 Å². The maximum atomic E-state index is 11.2. The van der Waals surface area contributed by atoms with Gasteiger partial charge in [-0.05, 0) is 0 Å². The number of rotatable bonds is 1. The minimum atomic E-state index is -2.83. The molecule has 2 fully saturated rings. The standard InChI is InChI=1S/C8H15NO4S/c10-8-6-13-5-7(8)9-1-3-14(11,12)4-2-9/h7-8,10H,1-6H2/t7-,8-/m1/s1. The number of sulfone groups is 1. The lowest BCUT2D eigenvalue weighted by Crippen LogP contribution is -2.50. The highest BCUT2D eigenvalue weighted by Gasteiger charge is 2.34. The van der Waals surface area contributed by atoms with Crippen molar-refractivity contribution in [1.29, 1.82) is 0 Å². The van der Waals surface area contributed by atoms with Gasteiger partial charge in [0.25, 0.3) is 0 Å².